The molecule has 2 aliphatic heterocycles. The molecule has 6 rings (SSSR count). The van der Waals surface area contributed by atoms with Gasteiger partial charge in [-0.1, -0.05) is 55.2 Å². The number of hydrogen-bond donors (Lipinski definition) is 1. The summed E-state index contributed by atoms with van der Waals surface area (Å²) >= 11 is 19.9. The predicted molar refractivity (Wildman–Crippen MR) is 179 cm³/mol. The van der Waals surface area contributed by atoms with E-state index in [-0.39, 0.29) is 62.8 Å². The highest BCUT2D eigenvalue weighted by molar-refractivity contribution is 6.44. The van der Waals surface area contributed by atoms with Crippen LogP contribution in [0.15, 0.2) is 47.9 Å². The Bertz CT molecular complexity index is 1940. The molecule has 2 aliphatic rings. The Hall–Kier alpha value is -3.79. The highest BCUT2D eigenvalue weighted by Gasteiger charge is 2.39. The van der Waals surface area contributed by atoms with Gasteiger partial charge in [0.05, 0.1) is 50.5 Å². The third-order valence-electron chi connectivity index (χ3n) is 8.51. The predicted octanol–water partition coefficient (Wildman–Crippen LogP) is 6.92. The first-order valence-corrected chi connectivity index (χ1v) is 15.8. The molecular formula is C33H32Cl3N5O4. The van der Waals surface area contributed by atoms with Gasteiger partial charge >= 0.3 is 5.56 Å². The van der Waals surface area contributed by atoms with Gasteiger partial charge in [-0.05, 0) is 49.6 Å². The number of phenols is 1. The van der Waals surface area contributed by atoms with Crippen LogP contribution in [0.4, 0.5) is 5.69 Å². The number of hydrogen-bond acceptors (Lipinski definition) is 7. The number of phenolic OH excluding ortho intramolecular Hbond substituents is 1. The number of aromatic nitrogens is 3. The molecule has 1 fully saturated rings. The van der Waals surface area contributed by atoms with Crippen molar-refractivity contribution in [1.82, 2.24) is 19.4 Å². The van der Waals surface area contributed by atoms with Crippen molar-refractivity contribution in [3.05, 3.63) is 79.8 Å². The molecule has 4 aromatic rings. The van der Waals surface area contributed by atoms with Crippen molar-refractivity contribution in [1.29, 1.82) is 0 Å². The highest BCUT2D eigenvalue weighted by atomic mass is 35.5. The Balaban J connectivity index is 1.72. The van der Waals surface area contributed by atoms with E-state index < -0.39 is 5.56 Å². The third-order valence-corrected chi connectivity index (χ3v) is 9.60. The zero-order chi connectivity index (χ0) is 32.3. The maximum Gasteiger partial charge on any atom is 0.301 e. The standard InChI is InChI=1S/C33H32Cl3N5O4/c1-6-25(43)39-15-19-8-10-45-31-30(40(19)14-18(39)5)22-13-24(35)28(21-11-20(42)12-23(34)26(21)36)38-32(22)41(33(31)44)29-17(4)7-9-37-27(29)16(2)3/h6-7,9,11-13,16,18-19,42H,1,8,10,14-15H2,2-5H3. The first kappa shape index (κ1) is 31.2. The second-order valence-corrected chi connectivity index (χ2v) is 13.0. The third kappa shape index (κ3) is 5.20. The average Bonchev–Trinajstić information content (AvgIpc) is 3.18. The van der Waals surface area contributed by atoms with Gasteiger partial charge in [0.2, 0.25) is 11.7 Å². The lowest BCUT2D eigenvalue weighted by Gasteiger charge is -2.45. The maximum atomic E-state index is 14.7. The number of fused-ring (bicyclic) bond motifs is 5. The lowest BCUT2D eigenvalue weighted by atomic mass is 10.0. The van der Waals surface area contributed by atoms with Crippen molar-refractivity contribution >= 4 is 57.4 Å². The maximum absolute atomic E-state index is 14.7. The molecule has 234 valence electrons. The first-order valence-electron chi connectivity index (χ1n) is 14.7. The normalized spacial score (nSPS) is 18.0. The number of carbonyl (C=O) groups excluding carboxylic acids is 1. The van der Waals surface area contributed by atoms with E-state index in [1.807, 2.05) is 33.8 Å². The van der Waals surface area contributed by atoms with E-state index in [0.29, 0.717) is 53.2 Å². The summed E-state index contributed by atoms with van der Waals surface area (Å²) < 4.78 is 7.83. The van der Waals surface area contributed by atoms with Crippen molar-refractivity contribution in [2.24, 2.45) is 0 Å². The summed E-state index contributed by atoms with van der Waals surface area (Å²) in [5.41, 5.74) is 3.19. The zero-order valence-electron chi connectivity index (χ0n) is 25.3. The number of aromatic hydroxyl groups is 1. The van der Waals surface area contributed by atoms with Gasteiger partial charge < -0.3 is 19.6 Å². The van der Waals surface area contributed by atoms with Crippen LogP contribution in [0.5, 0.6) is 11.5 Å². The number of piperazine rings is 1. The minimum absolute atomic E-state index is 0.0200. The van der Waals surface area contributed by atoms with Crippen LogP contribution >= 0.6 is 34.8 Å². The summed E-state index contributed by atoms with van der Waals surface area (Å²) in [6.07, 6.45) is 3.64. The van der Waals surface area contributed by atoms with Crippen LogP contribution in [0.25, 0.3) is 28.0 Å². The fourth-order valence-corrected chi connectivity index (χ4v) is 7.03. The molecule has 3 aromatic heterocycles. The number of anilines is 1. The molecule has 9 nitrogen and oxygen atoms in total. The van der Waals surface area contributed by atoms with E-state index in [9.17, 15) is 14.7 Å². The Labute approximate surface area is 275 Å². The molecule has 0 aliphatic carbocycles. The molecule has 1 amide bonds. The number of nitrogens with zero attached hydrogens (tertiary/aromatic N) is 5. The minimum atomic E-state index is -0.394. The number of rotatable bonds is 4. The molecule has 45 heavy (non-hydrogen) atoms. The van der Waals surface area contributed by atoms with Gasteiger partial charge in [-0.25, -0.2) is 4.98 Å². The van der Waals surface area contributed by atoms with Crippen LogP contribution in [0, 0.1) is 6.92 Å². The average molecular weight is 669 g/mol. The van der Waals surface area contributed by atoms with Crippen LogP contribution in [0.1, 0.15) is 44.4 Å². The monoisotopic (exact) mass is 667 g/mol. The molecule has 5 heterocycles. The van der Waals surface area contributed by atoms with E-state index in [0.717, 1.165) is 5.56 Å². The van der Waals surface area contributed by atoms with Gasteiger partial charge in [0, 0.05) is 48.8 Å². The molecular weight excluding hydrogens is 637 g/mol. The molecule has 2 unspecified atom stereocenters. The Morgan fingerprint density at radius 2 is 1.91 bits per heavy atom. The van der Waals surface area contributed by atoms with Gasteiger partial charge in [0.25, 0.3) is 0 Å². The van der Waals surface area contributed by atoms with Crippen LogP contribution in [-0.2, 0) is 4.79 Å². The molecule has 0 spiro atoms. The van der Waals surface area contributed by atoms with Crippen molar-refractivity contribution in [2.45, 2.75) is 52.1 Å². The first-order chi connectivity index (χ1) is 21.4. The number of carbonyl (C=O) groups is 1. The van der Waals surface area contributed by atoms with Crippen LogP contribution in [0.2, 0.25) is 15.1 Å². The summed E-state index contributed by atoms with van der Waals surface area (Å²) in [4.78, 5) is 41.0. The van der Waals surface area contributed by atoms with Crippen molar-refractivity contribution in [2.75, 3.05) is 24.6 Å². The molecule has 1 N–H and O–H groups in total. The fraction of sp³-hybridized carbons (Fsp3) is 0.333. The van der Waals surface area contributed by atoms with E-state index in [4.69, 9.17) is 44.5 Å². The molecule has 1 saturated heterocycles. The van der Waals surface area contributed by atoms with Gasteiger partial charge in [0.15, 0.2) is 5.65 Å². The quantitative estimate of drug-likeness (QED) is 0.236. The summed E-state index contributed by atoms with van der Waals surface area (Å²) in [6.45, 7) is 12.8. The van der Waals surface area contributed by atoms with E-state index in [1.54, 1.807) is 21.7 Å². The largest absolute Gasteiger partial charge is 0.508 e. The zero-order valence-corrected chi connectivity index (χ0v) is 27.5. The lowest BCUT2D eigenvalue weighted by Crippen LogP contribution is -2.59. The van der Waals surface area contributed by atoms with Crippen molar-refractivity contribution < 1.29 is 14.6 Å². The SMILES string of the molecule is C=CC(=O)N1CC2CCOc3c(c4cc(Cl)c(-c5cc(O)cc(Cl)c5Cl)nc4n(-c4c(C)ccnc4C(C)C)c3=O)N2CC1C. The summed E-state index contributed by atoms with van der Waals surface area (Å²) in [7, 11) is 0. The lowest BCUT2D eigenvalue weighted by molar-refractivity contribution is -0.128. The number of halogens is 3. The smallest absolute Gasteiger partial charge is 0.301 e. The molecule has 1 aromatic carbocycles. The van der Waals surface area contributed by atoms with E-state index >= 15 is 0 Å². The Kier molecular flexibility index (Phi) is 8.22. The number of ether oxygens (including phenoxy) is 1. The molecule has 12 heteroatoms. The number of benzene rings is 1. The molecule has 2 atom stereocenters. The fourth-order valence-electron chi connectivity index (χ4n) is 6.37. The van der Waals surface area contributed by atoms with E-state index in [1.165, 1.54) is 18.2 Å². The van der Waals surface area contributed by atoms with Crippen molar-refractivity contribution in [3.8, 4) is 28.4 Å². The highest BCUT2D eigenvalue weighted by Crippen LogP contribution is 2.45. The molecule has 0 saturated carbocycles. The molecule has 0 radical (unpaired) electrons. The van der Waals surface area contributed by atoms with Crippen molar-refractivity contribution in [3.63, 3.8) is 0 Å². The van der Waals surface area contributed by atoms with Gasteiger partial charge in [0.1, 0.15) is 5.75 Å². The second-order valence-electron chi connectivity index (χ2n) is 11.8. The van der Waals surface area contributed by atoms with Crippen LogP contribution in [0.3, 0.4) is 0 Å². The number of amides is 1. The summed E-state index contributed by atoms with van der Waals surface area (Å²) in [5.74, 6) is -0.0905. The summed E-state index contributed by atoms with van der Waals surface area (Å²) in [5, 5.41) is 11.5. The van der Waals surface area contributed by atoms with Gasteiger partial charge in [-0.3, -0.25) is 19.1 Å². The Morgan fingerprint density at radius 3 is 2.62 bits per heavy atom. The van der Waals surface area contributed by atoms with Gasteiger partial charge in [-0.2, -0.15) is 0 Å². The number of aryl methyl sites for hydroxylation is 1. The van der Waals surface area contributed by atoms with Gasteiger partial charge in [-0.15, -0.1) is 0 Å². The topological polar surface area (TPSA) is 101 Å². The van der Waals surface area contributed by atoms with E-state index in [2.05, 4.69) is 16.5 Å². The Morgan fingerprint density at radius 1 is 1.16 bits per heavy atom. The summed E-state index contributed by atoms with van der Waals surface area (Å²) in [6, 6.07) is 6.07. The second kappa shape index (κ2) is 11.9. The molecule has 0 bridgehead atoms. The van der Waals surface area contributed by atoms with Crippen LogP contribution in [-0.4, -0.2) is 62.2 Å². The number of pyridine rings is 3. The van der Waals surface area contributed by atoms with Crippen LogP contribution < -0.4 is 15.2 Å². The minimum Gasteiger partial charge on any atom is -0.508 e.